The molecule has 2 rings (SSSR count). The maximum Gasteiger partial charge on any atom is 0.129 e. The van der Waals surface area contributed by atoms with Crippen molar-refractivity contribution in [1.29, 1.82) is 0 Å². The first-order valence-electron chi connectivity index (χ1n) is 5.74. The number of rotatable bonds is 3. The smallest absolute Gasteiger partial charge is 0.129 e. The van der Waals surface area contributed by atoms with Gasteiger partial charge in [-0.2, -0.15) is 0 Å². The lowest BCUT2D eigenvalue weighted by atomic mass is 9.77. The molecule has 0 bridgehead atoms. The van der Waals surface area contributed by atoms with E-state index in [4.69, 9.17) is 4.74 Å². The summed E-state index contributed by atoms with van der Waals surface area (Å²) >= 11 is 0. The standard InChI is InChI=1S/C13H16F2O2/c1-9-13(8-16,4-5-17-9)7-10-2-3-11(14)6-12(10)15/h2-3,6,9,16H,4-5,7-8H2,1H3. The molecule has 0 radical (unpaired) electrons. The van der Waals surface area contributed by atoms with Crippen LogP contribution in [0.2, 0.25) is 0 Å². The average Bonchev–Trinajstić information content (AvgIpc) is 2.65. The third-order valence-corrected chi connectivity index (χ3v) is 3.70. The number of aliphatic hydroxyl groups is 1. The fraction of sp³-hybridized carbons (Fsp3) is 0.538. The number of benzene rings is 1. The Morgan fingerprint density at radius 1 is 1.47 bits per heavy atom. The molecule has 0 saturated carbocycles. The predicted octanol–water partition coefficient (Wildman–Crippen LogP) is 2.29. The average molecular weight is 242 g/mol. The second-order valence-electron chi connectivity index (χ2n) is 4.70. The summed E-state index contributed by atoms with van der Waals surface area (Å²) in [5.74, 6) is -1.14. The molecule has 1 heterocycles. The Morgan fingerprint density at radius 3 is 2.76 bits per heavy atom. The summed E-state index contributed by atoms with van der Waals surface area (Å²) in [5, 5.41) is 9.52. The Kier molecular flexibility index (Phi) is 3.45. The van der Waals surface area contributed by atoms with Gasteiger partial charge in [-0.05, 0) is 31.4 Å². The van der Waals surface area contributed by atoms with Crippen molar-refractivity contribution in [2.75, 3.05) is 13.2 Å². The van der Waals surface area contributed by atoms with Crippen molar-refractivity contribution in [3.05, 3.63) is 35.4 Å². The zero-order valence-corrected chi connectivity index (χ0v) is 9.75. The van der Waals surface area contributed by atoms with Crippen LogP contribution < -0.4 is 0 Å². The van der Waals surface area contributed by atoms with Gasteiger partial charge in [0.05, 0.1) is 12.7 Å². The van der Waals surface area contributed by atoms with E-state index in [1.165, 1.54) is 12.1 Å². The first-order valence-corrected chi connectivity index (χ1v) is 5.74. The van der Waals surface area contributed by atoms with E-state index in [9.17, 15) is 13.9 Å². The lowest BCUT2D eigenvalue weighted by molar-refractivity contribution is 0.0267. The molecule has 94 valence electrons. The maximum absolute atomic E-state index is 13.6. The molecule has 0 spiro atoms. The number of hydrogen-bond acceptors (Lipinski definition) is 2. The van der Waals surface area contributed by atoms with Crippen LogP contribution in [-0.4, -0.2) is 24.4 Å². The predicted molar refractivity (Wildman–Crippen MR) is 59.6 cm³/mol. The van der Waals surface area contributed by atoms with Crippen molar-refractivity contribution in [3.8, 4) is 0 Å². The molecule has 1 aliphatic heterocycles. The van der Waals surface area contributed by atoms with Gasteiger partial charge in [-0.25, -0.2) is 8.78 Å². The van der Waals surface area contributed by atoms with Gasteiger partial charge in [-0.15, -0.1) is 0 Å². The second-order valence-corrected chi connectivity index (χ2v) is 4.70. The molecule has 2 unspecified atom stereocenters. The summed E-state index contributed by atoms with van der Waals surface area (Å²) in [5.41, 5.74) is -0.0172. The molecule has 1 N–H and O–H groups in total. The minimum absolute atomic E-state index is 0.0506. The maximum atomic E-state index is 13.6. The number of hydrogen-bond donors (Lipinski definition) is 1. The van der Waals surface area contributed by atoms with E-state index in [-0.39, 0.29) is 12.7 Å². The van der Waals surface area contributed by atoms with Crippen molar-refractivity contribution in [1.82, 2.24) is 0 Å². The molecular formula is C13H16F2O2. The minimum Gasteiger partial charge on any atom is -0.396 e. The van der Waals surface area contributed by atoms with Crippen molar-refractivity contribution in [2.45, 2.75) is 25.9 Å². The van der Waals surface area contributed by atoms with Crippen LogP contribution in [0.3, 0.4) is 0 Å². The number of ether oxygens (including phenoxy) is 1. The lowest BCUT2D eigenvalue weighted by Gasteiger charge is -2.30. The molecule has 1 aromatic carbocycles. The highest BCUT2D eigenvalue weighted by molar-refractivity contribution is 5.21. The van der Waals surface area contributed by atoms with Gasteiger partial charge in [-0.1, -0.05) is 6.07 Å². The summed E-state index contributed by atoms with van der Waals surface area (Å²) in [7, 11) is 0. The fourth-order valence-electron chi connectivity index (χ4n) is 2.36. The Balaban J connectivity index is 2.24. The summed E-state index contributed by atoms with van der Waals surface area (Å²) in [6.45, 7) is 2.40. The normalized spacial score (nSPS) is 28.6. The summed E-state index contributed by atoms with van der Waals surface area (Å²) in [6, 6.07) is 3.55. The van der Waals surface area contributed by atoms with Gasteiger partial charge in [-0.3, -0.25) is 0 Å². The van der Waals surface area contributed by atoms with Crippen molar-refractivity contribution >= 4 is 0 Å². The van der Waals surface area contributed by atoms with Crippen LogP contribution >= 0.6 is 0 Å². The quantitative estimate of drug-likeness (QED) is 0.881. The summed E-state index contributed by atoms with van der Waals surface area (Å²) in [4.78, 5) is 0. The van der Waals surface area contributed by atoms with Gasteiger partial charge in [0.15, 0.2) is 0 Å². The van der Waals surface area contributed by atoms with Gasteiger partial charge in [0, 0.05) is 18.1 Å². The van der Waals surface area contributed by atoms with E-state index in [0.29, 0.717) is 25.0 Å². The molecule has 1 saturated heterocycles. The third-order valence-electron chi connectivity index (χ3n) is 3.70. The first kappa shape index (κ1) is 12.5. The highest BCUT2D eigenvalue weighted by atomic mass is 19.1. The number of aliphatic hydroxyl groups excluding tert-OH is 1. The van der Waals surface area contributed by atoms with Gasteiger partial charge in [0.2, 0.25) is 0 Å². The molecular weight excluding hydrogens is 226 g/mol. The molecule has 1 aliphatic rings. The molecule has 0 amide bonds. The van der Waals surface area contributed by atoms with E-state index in [1.54, 1.807) is 0 Å². The molecule has 17 heavy (non-hydrogen) atoms. The molecule has 2 nitrogen and oxygen atoms in total. The number of halogens is 2. The van der Waals surface area contributed by atoms with Crippen molar-refractivity contribution < 1.29 is 18.6 Å². The molecule has 1 aromatic rings. The van der Waals surface area contributed by atoms with Crippen molar-refractivity contribution in [2.24, 2.45) is 5.41 Å². The Hall–Kier alpha value is -1.00. The van der Waals surface area contributed by atoms with Gasteiger partial charge < -0.3 is 9.84 Å². The monoisotopic (exact) mass is 242 g/mol. The second kappa shape index (κ2) is 4.70. The Labute approximate surface area is 99.2 Å². The first-order chi connectivity index (χ1) is 8.07. The largest absolute Gasteiger partial charge is 0.396 e. The summed E-state index contributed by atoms with van der Waals surface area (Å²) in [6.07, 6.45) is 0.954. The van der Waals surface area contributed by atoms with Crippen LogP contribution in [-0.2, 0) is 11.2 Å². The van der Waals surface area contributed by atoms with Crippen LogP contribution in [0.4, 0.5) is 8.78 Å². The van der Waals surface area contributed by atoms with Crippen LogP contribution in [0.1, 0.15) is 18.9 Å². The van der Waals surface area contributed by atoms with Gasteiger partial charge in [0.1, 0.15) is 11.6 Å². The van der Waals surface area contributed by atoms with Gasteiger partial charge >= 0.3 is 0 Å². The van der Waals surface area contributed by atoms with Crippen LogP contribution in [0.25, 0.3) is 0 Å². The SMILES string of the molecule is CC1OCCC1(CO)Cc1ccc(F)cc1F. The molecule has 0 aliphatic carbocycles. The van der Waals surface area contributed by atoms with E-state index in [1.807, 2.05) is 6.92 Å². The van der Waals surface area contributed by atoms with E-state index in [2.05, 4.69) is 0 Å². The molecule has 4 heteroatoms. The Morgan fingerprint density at radius 2 is 2.24 bits per heavy atom. The fourth-order valence-corrected chi connectivity index (χ4v) is 2.36. The summed E-state index contributed by atoms with van der Waals surface area (Å²) < 4.78 is 31.8. The highest BCUT2D eigenvalue weighted by Crippen LogP contribution is 2.38. The van der Waals surface area contributed by atoms with Crippen LogP contribution in [0.15, 0.2) is 18.2 Å². The zero-order valence-electron chi connectivity index (χ0n) is 9.75. The topological polar surface area (TPSA) is 29.5 Å². The zero-order chi connectivity index (χ0) is 12.5. The highest BCUT2D eigenvalue weighted by Gasteiger charge is 2.41. The lowest BCUT2D eigenvalue weighted by Crippen LogP contribution is -2.35. The van der Waals surface area contributed by atoms with Crippen LogP contribution in [0, 0.1) is 17.0 Å². The van der Waals surface area contributed by atoms with Gasteiger partial charge in [0.25, 0.3) is 0 Å². The van der Waals surface area contributed by atoms with Crippen LogP contribution in [0.5, 0.6) is 0 Å². The third kappa shape index (κ3) is 2.33. The molecule has 0 aromatic heterocycles. The van der Waals surface area contributed by atoms with Crippen molar-refractivity contribution in [3.63, 3.8) is 0 Å². The molecule has 2 atom stereocenters. The van der Waals surface area contributed by atoms with E-state index >= 15 is 0 Å². The Bertz CT molecular complexity index is 408. The molecule has 1 fully saturated rings. The minimum atomic E-state index is -0.583. The van der Waals surface area contributed by atoms with E-state index in [0.717, 1.165) is 6.07 Å². The van der Waals surface area contributed by atoms with E-state index < -0.39 is 17.0 Å².